The van der Waals surface area contributed by atoms with E-state index >= 15 is 0 Å². The maximum atomic E-state index is 10.9. The fourth-order valence-electron chi connectivity index (χ4n) is 1.14. The largest absolute Gasteiger partial charge is 0.229 e. The van der Waals surface area contributed by atoms with Crippen molar-refractivity contribution in [1.82, 2.24) is 0 Å². The van der Waals surface area contributed by atoms with Gasteiger partial charge in [-0.2, -0.15) is 10.2 Å². The van der Waals surface area contributed by atoms with Crippen molar-refractivity contribution in [1.29, 1.82) is 0 Å². The molecule has 1 saturated heterocycles. The molecule has 0 N–H and O–H groups in total. The van der Waals surface area contributed by atoms with Crippen LogP contribution in [0.25, 0.3) is 0 Å². The first kappa shape index (κ1) is 6.27. The van der Waals surface area contributed by atoms with Gasteiger partial charge in [-0.15, -0.1) is 0 Å². The second kappa shape index (κ2) is 1.58. The molecule has 2 rings (SSSR count). The number of hydrogen-bond acceptors (Lipinski definition) is 4. The van der Waals surface area contributed by atoms with Gasteiger partial charge in [0.05, 0.1) is 11.5 Å². The van der Waals surface area contributed by atoms with Gasteiger partial charge in [0.15, 0.2) is 15.5 Å². The van der Waals surface area contributed by atoms with E-state index in [1.165, 1.54) is 0 Å². The highest BCUT2D eigenvalue weighted by atomic mass is 32.2. The topological polar surface area (TPSA) is 58.9 Å². The smallest absolute Gasteiger partial charge is 0.192 e. The van der Waals surface area contributed by atoms with E-state index in [9.17, 15) is 8.42 Å². The molecule has 0 atom stereocenters. The summed E-state index contributed by atoms with van der Waals surface area (Å²) in [5, 5.41) is 7.64. The lowest BCUT2D eigenvalue weighted by atomic mass is 10.1. The van der Waals surface area contributed by atoms with Gasteiger partial charge in [-0.1, -0.05) is 0 Å². The van der Waals surface area contributed by atoms with E-state index in [4.69, 9.17) is 0 Å². The molecule has 0 radical (unpaired) electrons. The minimum atomic E-state index is -2.73. The van der Waals surface area contributed by atoms with Crippen LogP contribution in [-0.4, -0.2) is 25.6 Å². The maximum absolute atomic E-state index is 10.9. The lowest BCUT2D eigenvalue weighted by molar-refractivity contribution is 0.510. The fourth-order valence-corrected chi connectivity index (χ4v) is 2.62. The van der Waals surface area contributed by atoms with Crippen molar-refractivity contribution in [2.75, 3.05) is 11.5 Å². The minimum Gasteiger partial charge on any atom is -0.229 e. The van der Waals surface area contributed by atoms with E-state index < -0.39 is 9.84 Å². The molecule has 1 spiro atoms. The number of nitrogens with zero attached hydrogens (tertiary/aromatic N) is 2. The Kier molecular flexibility index (Phi) is 0.993. The monoisotopic (exact) mass is 160 g/mol. The van der Waals surface area contributed by atoms with Gasteiger partial charge in [-0.05, 0) is 0 Å². The maximum Gasteiger partial charge on any atom is 0.192 e. The highest BCUT2D eigenvalue weighted by molar-refractivity contribution is 7.91. The van der Waals surface area contributed by atoms with Crippen LogP contribution in [0, 0.1) is 0 Å². The lowest BCUT2D eigenvalue weighted by Gasteiger charge is -2.15. The van der Waals surface area contributed by atoms with Gasteiger partial charge in [0, 0.05) is 12.8 Å². The van der Waals surface area contributed by atoms with Crippen molar-refractivity contribution in [2.45, 2.75) is 18.5 Å². The molecule has 10 heavy (non-hydrogen) atoms. The van der Waals surface area contributed by atoms with Crippen molar-refractivity contribution in [3.8, 4) is 0 Å². The first-order valence-corrected chi connectivity index (χ1v) is 5.09. The molecule has 5 heteroatoms. The highest BCUT2D eigenvalue weighted by Gasteiger charge is 2.44. The van der Waals surface area contributed by atoms with Crippen LogP contribution in [0.2, 0.25) is 0 Å². The van der Waals surface area contributed by atoms with Gasteiger partial charge in [0.25, 0.3) is 0 Å². The van der Waals surface area contributed by atoms with Gasteiger partial charge in [-0.25, -0.2) is 8.42 Å². The molecule has 2 aliphatic rings. The molecule has 0 saturated carbocycles. The minimum absolute atomic E-state index is 0.245. The van der Waals surface area contributed by atoms with Crippen molar-refractivity contribution < 1.29 is 8.42 Å². The third-order valence-electron chi connectivity index (χ3n) is 2.01. The van der Waals surface area contributed by atoms with E-state index in [2.05, 4.69) is 10.2 Å². The molecule has 0 aliphatic carbocycles. The molecule has 2 aliphatic heterocycles. The second-order valence-corrected chi connectivity index (χ2v) is 5.14. The summed E-state index contributed by atoms with van der Waals surface area (Å²) in [6.45, 7) is 0. The van der Waals surface area contributed by atoms with Crippen molar-refractivity contribution in [3.05, 3.63) is 0 Å². The summed E-state index contributed by atoms with van der Waals surface area (Å²) in [7, 11) is -2.73. The van der Waals surface area contributed by atoms with Crippen LogP contribution in [0.3, 0.4) is 0 Å². The predicted molar refractivity (Wildman–Crippen MR) is 35.5 cm³/mol. The van der Waals surface area contributed by atoms with Crippen LogP contribution in [0.15, 0.2) is 10.2 Å². The summed E-state index contributed by atoms with van der Waals surface area (Å²) in [5.41, 5.74) is -0.245. The third-order valence-corrected chi connectivity index (χ3v) is 3.66. The van der Waals surface area contributed by atoms with Gasteiger partial charge in [0.2, 0.25) is 0 Å². The number of rotatable bonds is 0. The van der Waals surface area contributed by atoms with Gasteiger partial charge in [-0.3, -0.25) is 0 Å². The molecule has 0 unspecified atom stereocenters. The Labute approximate surface area is 59.3 Å². The molecule has 4 nitrogen and oxygen atoms in total. The molecule has 0 aromatic heterocycles. The van der Waals surface area contributed by atoms with Crippen LogP contribution in [0.4, 0.5) is 0 Å². The van der Waals surface area contributed by atoms with Gasteiger partial charge >= 0.3 is 0 Å². The molecule has 0 aromatic carbocycles. The van der Waals surface area contributed by atoms with Gasteiger partial charge < -0.3 is 0 Å². The zero-order valence-electron chi connectivity index (χ0n) is 5.45. The summed E-state index contributed by atoms with van der Waals surface area (Å²) in [5.74, 6) is 0.528. The average molecular weight is 160 g/mol. The van der Waals surface area contributed by atoms with Crippen LogP contribution in [-0.2, 0) is 9.84 Å². The zero-order valence-corrected chi connectivity index (χ0v) is 6.26. The normalized spacial score (nSPS) is 32.4. The quantitative estimate of drug-likeness (QED) is 0.513. The molecule has 0 amide bonds. The predicted octanol–water partition coefficient (Wildman–Crippen LogP) is 0.357. The summed E-state index contributed by atoms with van der Waals surface area (Å²) < 4.78 is 21.8. The Morgan fingerprint density at radius 2 is 1.60 bits per heavy atom. The molecule has 0 aromatic rings. The van der Waals surface area contributed by atoms with Crippen LogP contribution < -0.4 is 0 Å². The summed E-state index contributed by atoms with van der Waals surface area (Å²) in [4.78, 5) is 0. The van der Waals surface area contributed by atoms with Crippen LogP contribution in [0.1, 0.15) is 12.8 Å². The average Bonchev–Trinajstić information content (AvgIpc) is 2.60. The zero-order chi connectivity index (χ0) is 7.24. The van der Waals surface area contributed by atoms with E-state index in [-0.39, 0.29) is 17.2 Å². The summed E-state index contributed by atoms with van der Waals surface area (Å²) in [6.07, 6.45) is 1.21. The SMILES string of the molecule is O=S1(=O)CCC2(CC1)N=N2. The van der Waals surface area contributed by atoms with E-state index in [0.29, 0.717) is 12.8 Å². The standard InChI is InChI=1S/C5H8N2O2S/c8-10(9)3-1-5(2-4-10)6-7-5/h1-4H2. The number of sulfone groups is 1. The first-order chi connectivity index (χ1) is 4.62. The van der Waals surface area contributed by atoms with Crippen LogP contribution >= 0.6 is 0 Å². The third kappa shape index (κ3) is 0.941. The van der Waals surface area contributed by atoms with E-state index in [1.807, 2.05) is 0 Å². The number of hydrogen-bond donors (Lipinski definition) is 0. The highest BCUT2D eigenvalue weighted by Crippen LogP contribution is 2.39. The van der Waals surface area contributed by atoms with E-state index in [1.54, 1.807) is 0 Å². The Balaban J connectivity index is 2.09. The van der Waals surface area contributed by atoms with Crippen molar-refractivity contribution in [2.24, 2.45) is 10.2 Å². The molecule has 1 fully saturated rings. The molecule has 2 heterocycles. The van der Waals surface area contributed by atoms with E-state index in [0.717, 1.165) is 0 Å². The van der Waals surface area contributed by atoms with Gasteiger partial charge in [0.1, 0.15) is 0 Å². The summed E-state index contributed by atoms with van der Waals surface area (Å²) >= 11 is 0. The Morgan fingerprint density at radius 1 is 1.10 bits per heavy atom. The second-order valence-electron chi connectivity index (χ2n) is 2.83. The fraction of sp³-hybridized carbons (Fsp3) is 1.00. The molecular formula is C5H8N2O2S. The Bertz CT molecular complexity index is 258. The first-order valence-electron chi connectivity index (χ1n) is 3.27. The molecule has 0 bridgehead atoms. The molecular weight excluding hydrogens is 152 g/mol. The Morgan fingerprint density at radius 3 is 2.00 bits per heavy atom. The summed E-state index contributed by atoms with van der Waals surface area (Å²) in [6, 6.07) is 0. The van der Waals surface area contributed by atoms with Crippen molar-refractivity contribution >= 4 is 9.84 Å². The lowest BCUT2D eigenvalue weighted by Crippen LogP contribution is -2.28. The van der Waals surface area contributed by atoms with Crippen LogP contribution in [0.5, 0.6) is 0 Å². The Hall–Kier alpha value is -0.450. The van der Waals surface area contributed by atoms with Crippen molar-refractivity contribution in [3.63, 3.8) is 0 Å². The molecule has 56 valence electrons.